The van der Waals surface area contributed by atoms with Gasteiger partial charge in [-0.2, -0.15) is 13.2 Å². The van der Waals surface area contributed by atoms with Crippen LogP contribution in [0, 0.1) is 5.92 Å². The zero-order valence-corrected chi connectivity index (χ0v) is 11.4. The molecular weight excluding hydrogens is 279 g/mol. The Morgan fingerprint density at radius 2 is 1.86 bits per heavy atom. The summed E-state index contributed by atoms with van der Waals surface area (Å²) in [5.41, 5.74) is 0.240. The van der Waals surface area contributed by atoms with Crippen LogP contribution in [0.15, 0.2) is 36.5 Å². The Labute approximate surface area is 120 Å². The lowest BCUT2D eigenvalue weighted by molar-refractivity contribution is -0.193. The van der Waals surface area contributed by atoms with Crippen LogP contribution in [0.25, 0.3) is 10.9 Å². The molecule has 0 saturated heterocycles. The minimum atomic E-state index is -4.16. The Bertz CT molecular complexity index is 645. The topological polar surface area (TPSA) is 33.1 Å². The van der Waals surface area contributed by atoms with Gasteiger partial charge in [-0.1, -0.05) is 18.2 Å². The molecule has 1 aliphatic carbocycles. The van der Waals surface area contributed by atoms with Crippen molar-refractivity contribution in [3.05, 3.63) is 42.1 Å². The second-order valence-corrected chi connectivity index (χ2v) is 5.76. The Hall–Kier alpha value is -1.62. The van der Waals surface area contributed by atoms with Gasteiger partial charge < -0.3 is 5.11 Å². The summed E-state index contributed by atoms with van der Waals surface area (Å²) in [5, 5.41) is 11.6. The monoisotopic (exact) mass is 295 g/mol. The summed E-state index contributed by atoms with van der Waals surface area (Å²) >= 11 is 0. The second-order valence-electron chi connectivity index (χ2n) is 5.76. The molecule has 1 aromatic carbocycles. The van der Waals surface area contributed by atoms with Gasteiger partial charge in [-0.05, 0) is 43.4 Å². The molecule has 0 unspecified atom stereocenters. The molecule has 0 atom stereocenters. The lowest BCUT2D eigenvalue weighted by Crippen LogP contribution is -2.36. The molecule has 0 amide bonds. The summed E-state index contributed by atoms with van der Waals surface area (Å²) in [6, 6.07) is 9.16. The predicted octanol–water partition coefficient (Wildman–Crippen LogP) is 4.17. The zero-order chi connectivity index (χ0) is 15.1. The van der Waals surface area contributed by atoms with Gasteiger partial charge in [0.05, 0.1) is 17.0 Å². The number of benzene rings is 1. The molecule has 1 aliphatic rings. The number of fused-ring (bicyclic) bond motifs is 1. The van der Waals surface area contributed by atoms with Crippen LogP contribution >= 0.6 is 0 Å². The number of hydrogen-bond donors (Lipinski definition) is 1. The van der Waals surface area contributed by atoms with Gasteiger partial charge in [0.1, 0.15) is 0 Å². The van der Waals surface area contributed by atoms with E-state index in [1.54, 1.807) is 18.3 Å². The fourth-order valence-electron chi connectivity index (χ4n) is 3.07. The van der Waals surface area contributed by atoms with E-state index in [0.717, 1.165) is 10.9 Å². The minimum Gasteiger partial charge on any atom is -0.385 e. The molecule has 0 spiro atoms. The predicted molar refractivity (Wildman–Crippen MR) is 73.7 cm³/mol. The quantitative estimate of drug-likeness (QED) is 0.856. The molecule has 2 nitrogen and oxygen atoms in total. The van der Waals surface area contributed by atoms with Crippen molar-refractivity contribution in [1.29, 1.82) is 0 Å². The first-order chi connectivity index (χ1) is 9.88. The largest absolute Gasteiger partial charge is 0.391 e. The van der Waals surface area contributed by atoms with Crippen LogP contribution in [0.1, 0.15) is 31.2 Å². The van der Waals surface area contributed by atoms with Gasteiger partial charge in [-0.25, -0.2) is 0 Å². The Balaban J connectivity index is 1.85. The van der Waals surface area contributed by atoms with Crippen molar-refractivity contribution in [2.24, 2.45) is 5.92 Å². The van der Waals surface area contributed by atoms with Crippen molar-refractivity contribution < 1.29 is 18.3 Å². The summed E-state index contributed by atoms with van der Waals surface area (Å²) in [6.07, 6.45) is -2.28. The van der Waals surface area contributed by atoms with Crippen LogP contribution in [0.5, 0.6) is 0 Å². The van der Waals surface area contributed by atoms with E-state index in [-0.39, 0.29) is 25.7 Å². The highest BCUT2D eigenvalue weighted by Crippen LogP contribution is 2.45. The first-order valence-electron chi connectivity index (χ1n) is 7.03. The van der Waals surface area contributed by atoms with Crippen molar-refractivity contribution in [1.82, 2.24) is 4.98 Å². The van der Waals surface area contributed by atoms with E-state index in [4.69, 9.17) is 0 Å². The van der Waals surface area contributed by atoms with Crippen LogP contribution in [-0.4, -0.2) is 16.3 Å². The molecule has 1 heterocycles. The number of rotatable bonds is 1. The van der Waals surface area contributed by atoms with Crippen molar-refractivity contribution in [2.75, 3.05) is 0 Å². The van der Waals surface area contributed by atoms with Gasteiger partial charge in [0.15, 0.2) is 0 Å². The lowest BCUT2D eigenvalue weighted by Gasteiger charge is -2.37. The van der Waals surface area contributed by atoms with Crippen molar-refractivity contribution in [3.8, 4) is 0 Å². The summed E-state index contributed by atoms with van der Waals surface area (Å²) < 4.78 is 38.1. The minimum absolute atomic E-state index is 0.0275. The smallest absolute Gasteiger partial charge is 0.385 e. The average molecular weight is 295 g/mol. The van der Waals surface area contributed by atoms with E-state index in [0.29, 0.717) is 5.56 Å². The van der Waals surface area contributed by atoms with Gasteiger partial charge in [-0.3, -0.25) is 4.98 Å². The fraction of sp³-hybridized carbons (Fsp3) is 0.438. The van der Waals surface area contributed by atoms with E-state index in [2.05, 4.69) is 4.98 Å². The maximum Gasteiger partial charge on any atom is 0.391 e. The first kappa shape index (κ1) is 14.3. The Morgan fingerprint density at radius 1 is 1.14 bits per heavy atom. The molecule has 5 heteroatoms. The molecule has 3 rings (SSSR count). The van der Waals surface area contributed by atoms with E-state index < -0.39 is 17.7 Å². The van der Waals surface area contributed by atoms with Crippen molar-refractivity contribution in [2.45, 2.75) is 37.5 Å². The van der Waals surface area contributed by atoms with Crippen LogP contribution in [0.4, 0.5) is 13.2 Å². The zero-order valence-electron chi connectivity index (χ0n) is 11.4. The third kappa shape index (κ3) is 2.75. The van der Waals surface area contributed by atoms with E-state index in [9.17, 15) is 18.3 Å². The van der Waals surface area contributed by atoms with Crippen molar-refractivity contribution >= 4 is 10.9 Å². The SMILES string of the molecule is OC1(c2ccc3cccnc3c2)CCC(C(F)(F)F)CC1. The molecule has 21 heavy (non-hydrogen) atoms. The van der Waals surface area contributed by atoms with Crippen LogP contribution in [0.2, 0.25) is 0 Å². The number of pyridine rings is 1. The standard InChI is InChI=1S/C16H16F3NO/c17-16(18,19)12-5-7-15(21,8-6-12)13-4-3-11-2-1-9-20-14(11)10-13/h1-4,9-10,12,21H,5-8H2. The molecular formula is C16H16F3NO. The molecule has 0 bridgehead atoms. The number of halogens is 3. The van der Waals surface area contributed by atoms with Crippen LogP contribution in [-0.2, 0) is 5.60 Å². The number of aliphatic hydroxyl groups is 1. The first-order valence-corrected chi connectivity index (χ1v) is 7.03. The van der Waals surface area contributed by atoms with Gasteiger partial charge in [0.25, 0.3) is 0 Å². The maximum absolute atomic E-state index is 12.7. The Morgan fingerprint density at radius 3 is 2.52 bits per heavy atom. The Kier molecular flexibility index (Phi) is 3.40. The maximum atomic E-state index is 12.7. The molecule has 1 fully saturated rings. The highest BCUT2D eigenvalue weighted by atomic mass is 19.4. The molecule has 2 aromatic rings. The third-order valence-electron chi connectivity index (χ3n) is 4.42. The van der Waals surface area contributed by atoms with Gasteiger partial charge in [-0.15, -0.1) is 0 Å². The fourth-order valence-corrected chi connectivity index (χ4v) is 3.07. The van der Waals surface area contributed by atoms with Crippen LogP contribution < -0.4 is 0 Å². The summed E-state index contributed by atoms with van der Waals surface area (Å²) in [6.45, 7) is 0. The molecule has 0 radical (unpaired) electrons. The number of nitrogens with zero attached hydrogens (tertiary/aromatic N) is 1. The van der Waals surface area contributed by atoms with E-state index >= 15 is 0 Å². The molecule has 112 valence electrons. The average Bonchev–Trinajstić information content (AvgIpc) is 2.46. The van der Waals surface area contributed by atoms with E-state index in [1.165, 1.54) is 0 Å². The highest BCUT2D eigenvalue weighted by molar-refractivity contribution is 5.79. The second kappa shape index (κ2) is 4.98. The summed E-state index contributed by atoms with van der Waals surface area (Å²) in [7, 11) is 0. The summed E-state index contributed by atoms with van der Waals surface area (Å²) in [4.78, 5) is 4.23. The lowest BCUT2D eigenvalue weighted by atomic mass is 9.75. The number of hydrogen-bond acceptors (Lipinski definition) is 2. The van der Waals surface area contributed by atoms with Gasteiger partial charge in [0.2, 0.25) is 0 Å². The van der Waals surface area contributed by atoms with E-state index in [1.807, 2.05) is 18.2 Å². The van der Waals surface area contributed by atoms with Crippen LogP contribution in [0.3, 0.4) is 0 Å². The normalized spacial score (nSPS) is 27.0. The number of aromatic nitrogens is 1. The van der Waals surface area contributed by atoms with Gasteiger partial charge >= 0.3 is 6.18 Å². The summed E-state index contributed by atoms with van der Waals surface area (Å²) in [5.74, 6) is -1.30. The van der Waals surface area contributed by atoms with Crippen molar-refractivity contribution in [3.63, 3.8) is 0 Å². The third-order valence-corrected chi connectivity index (χ3v) is 4.42. The number of alkyl halides is 3. The molecule has 1 aromatic heterocycles. The molecule has 1 saturated carbocycles. The molecule has 0 aliphatic heterocycles. The highest BCUT2D eigenvalue weighted by Gasteiger charge is 2.45. The molecule has 1 N–H and O–H groups in total. The van der Waals surface area contributed by atoms with Gasteiger partial charge in [0, 0.05) is 11.6 Å².